The van der Waals surface area contributed by atoms with Gasteiger partial charge in [-0.3, -0.25) is 4.79 Å². The Labute approximate surface area is 129 Å². The number of nitrogens with zero attached hydrogens (tertiary/aromatic N) is 1. The summed E-state index contributed by atoms with van der Waals surface area (Å²) >= 11 is 1.16. The molecule has 4 N–H and O–H groups in total. The van der Waals surface area contributed by atoms with Crippen molar-refractivity contribution in [2.24, 2.45) is 5.73 Å². The number of amides is 1. The average Bonchev–Trinajstić information content (AvgIpc) is 2.76. The Morgan fingerprint density at radius 2 is 1.76 bits per heavy atom. The molecule has 1 heterocycles. The molecule has 0 spiro atoms. The maximum Gasteiger partial charge on any atom is 0.343 e. The molecule has 0 radical (unpaired) electrons. The van der Waals surface area contributed by atoms with Gasteiger partial charge in [-0.15, -0.1) is 11.3 Å². The second kappa shape index (κ2) is 7.87. The highest BCUT2D eigenvalue weighted by molar-refractivity contribution is 7.19. The van der Waals surface area contributed by atoms with E-state index in [1.807, 2.05) is 0 Å². The molecule has 1 rings (SSSR count). The molecule has 7 heteroatoms. The predicted octanol–water partition coefficient (Wildman–Crippen LogP) is 2.23. The zero-order valence-corrected chi connectivity index (χ0v) is 13.6. The highest BCUT2D eigenvalue weighted by atomic mass is 32.1. The van der Waals surface area contributed by atoms with E-state index in [9.17, 15) is 9.59 Å². The van der Waals surface area contributed by atoms with Crippen molar-refractivity contribution in [3.8, 4) is 0 Å². The summed E-state index contributed by atoms with van der Waals surface area (Å²) in [7, 11) is 0. The highest BCUT2D eigenvalue weighted by Crippen LogP contribution is 2.38. The van der Waals surface area contributed by atoms with Gasteiger partial charge in [0, 0.05) is 13.1 Å². The molecule has 0 saturated carbocycles. The Morgan fingerprint density at radius 1 is 1.19 bits per heavy atom. The normalized spacial score (nSPS) is 10.4. The molecule has 0 aliphatic rings. The summed E-state index contributed by atoms with van der Waals surface area (Å²) in [6, 6.07) is 0. The van der Waals surface area contributed by atoms with Crippen LogP contribution in [0.25, 0.3) is 0 Å². The molecule has 0 saturated heterocycles. The number of nitrogens with two attached hydrogens (primary N) is 2. The molecule has 1 aromatic heterocycles. The Hall–Kier alpha value is -1.76. The fraction of sp³-hybridized carbons (Fsp3) is 0.571. The smallest absolute Gasteiger partial charge is 0.343 e. The number of nitrogen functional groups attached to an aromatic ring is 1. The monoisotopic (exact) mass is 313 g/mol. The van der Waals surface area contributed by atoms with Crippen molar-refractivity contribution >= 4 is 33.9 Å². The number of ether oxygens (including phenoxy) is 1. The number of hydrogen-bond donors (Lipinski definition) is 2. The van der Waals surface area contributed by atoms with Crippen molar-refractivity contribution in [3.05, 3.63) is 10.4 Å². The number of anilines is 2. The standard InChI is InChI=1S/C14H23N3O3S/c1-4-7-17(8-5-2)13-9(14(19)20-6-3)10(15)11(21-13)12(16)18/h4-8,15H2,1-3H3,(H2,16,18). The minimum atomic E-state index is -0.623. The number of thiophene rings is 1. The molecular weight excluding hydrogens is 290 g/mol. The fourth-order valence-electron chi connectivity index (χ4n) is 2.09. The number of hydrogen-bond acceptors (Lipinski definition) is 6. The van der Waals surface area contributed by atoms with Crippen LogP contribution in [0.3, 0.4) is 0 Å². The van der Waals surface area contributed by atoms with E-state index in [2.05, 4.69) is 18.7 Å². The SMILES string of the molecule is CCCN(CCC)c1sc(C(N)=O)c(N)c1C(=O)OCC. The van der Waals surface area contributed by atoms with Gasteiger partial charge in [-0.25, -0.2) is 4.79 Å². The lowest BCUT2D eigenvalue weighted by molar-refractivity contribution is 0.0529. The van der Waals surface area contributed by atoms with Crippen molar-refractivity contribution in [1.82, 2.24) is 0 Å². The molecule has 118 valence electrons. The van der Waals surface area contributed by atoms with E-state index < -0.39 is 11.9 Å². The molecule has 0 fully saturated rings. The lowest BCUT2D eigenvalue weighted by Crippen LogP contribution is -2.26. The van der Waals surface area contributed by atoms with Gasteiger partial charge in [0.15, 0.2) is 0 Å². The highest BCUT2D eigenvalue weighted by Gasteiger charge is 2.28. The Balaban J connectivity index is 3.36. The second-order valence-electron chi connectivity index (χ2n) is 4.60. The van der Waals surface area contributed by atoms with Crippen LogP contribution in [0, 0.1) is 0 Å². The van der Waals surface area contributed by atoms with Crippen LogP contribution >= 0.6 is 11.3 Å². The van der Waals surface area contributed by atoms with Crippen molar-refractivity contribution in [1.29, 1.82) is 0 Å². The molecule has 0 unspecified atom stereocenters. The summed E-state index contributed by atoms with van der Waals surface area (Å²) in [5, 5.41) is 0.670. The van der Waals surface area contributed by atoms with Gasteiger partial charge in [-0.2, -0.15) is 0 Å². The van der Waals surface area contributed by atoms with E-state index in [1.165, 1.54) is 0 Å². The van der Waals surface area contributed by atoms with E-state index in [1.54, 1.807) is 6.92 Å². The van der Waals surface area contributed by atoms with Crippen LogP contribution in [0.4, 0.5) is 10.7 Å². The number of primary amides is 1. The second-order valence-corrected chi connectivity index (χ2v) is 5.60. The summed E-state index contributed by atoms with van der Waals surface area (Å²) in [6.45, 7) is 7.64. The van der Waals surface area contributed by atoms with Gasteiger partial charge < -0.3 is 21.1 Å². The fourth-order valence-corrected chi connectivity index (χ4v) is 3.21. The van der Waals surface area contributed by atoms with E-state index in [4.69, 9.17) is 16.2 Å². The molecule has 1 aromatic rings. The van der Waals surface area contributed by atoms with E-state index in [0.29, 0.717) is 5.00 Å². The zero-order chi connectivity index (χ0) is 16.0. The van der Waals surface area contributed by atoms with Crippen molar-refractivity contribution < 1.29 is 14.3 Å². The Morgan fingerprint density at radius 3 is 2.19 bits per heavy atom. The van der Waals surface area contributed by atoms with Gasteiger partial charge >= 0.3 is 5.97 Å². The molecule has 1 amide bonds. The minimum Gasteiger partial charge on any atom is -0.462 e. The van der Waals surface area contributed by atoms with Gasteiger partial charge in [0.2, 0.25) is 0 Å². The summed E-state index contributed by atoms with van der Waals surface area (Å²) in [4.78, 5) is 25.9. The van der Waals surface area contributed by atoms with Crippen LogP contribution in [-0.2, 0) is 4.74 Å². The average molecular weight is 313 g/mol. The molecule has 21 heavy (non-hydrogen) atoms. The minimum absolute atomic E-state index is 0.123. The number of carbonyl (C=O) groups excluding carboxylic acids is 2. The molecule has 0 aliphatic carbocycles. The first-order chi connectivity index (χ1) is 9.97. The maximum absolute atomic E-state index is 12.2. The van der Waals surface area contributed by atoms with E-state index in [-0.39, 0.29) is 22.7 Å². The lowest BCUT2D eigenvalue weighted by atomic mass is 10.2. The molecule has 6 nitrogen and oxygen atoms in total. The van der Waals surface area contributed by atoms with Crippen LogP contribution in [0.2, 0.25) is 0 Å². The van der Waals surface area contributed by atoms with Crippen molar-refractivity contribution in [3.63, 3.8) is 0 Å². The first-order valence-electron chi connectivity index (χ1n) is 7.11. The predicted molar refractivity (Wildman–Crippen MR) is 86.0 cm³/mol. The summed E-state index contributed by atoms with van der Waals surface area (Å²) in [6.07, 6.45) is 1.85. The van der Waals surface area contributed by atoms with Crippen LogP contribution in [0.15, 0.2) is 0 Å². The summed E-state index contributed by atoms with van der Waals surface area (Å²) < 4.78 is 5.06. The van der Waals surface area contributed by atoms with Crippen LogP contribution in [0.1, 0.15) is 53.6 Å². The first kappa shape index (κ1) is 17.3. The Bertz CT molecular complexity index is 508. The first-order valence-corrected chi connectivity index (χ1v) is 7.93. The molecule has 0 aromatic carbocycles. The van der Waals surface area contributed by atoms with Gasteiger partial charge in [0.05, 0.1) is 12.3 Å². The van der Waals surface area contributed by atoms with E-state index >= 15 is 0 Å². The largest absolute Gasteiger partial charge is 0.462 e. The quantitative estimate of drug-likeness (QED) is 0.717. The third-order valence-electron chi connectivity index (χ3n) is 2.90. The molecular formula is C14H23N3O3S. The maximum atomic E-state index is 12.2. The zero-order valence-electron chi connectivity index (χ0n) is 12.8. The third kappa shape index (κ3) is 3.87. The summed E-state index contributed by atoms with van der Waals surface area (Å²) in [5.41, 5.74) is 11.7. The van der Waals surface area contributed by atoms with Gasteiger partial charge in [-0.1, -0.05) is 13.8 Å². The van der Waals surface area contributed by atoms with Gasteiger partial charge in [0.25, 0.3) is 5.91 Å². The van der Waals surface area contributed by atoms with Crippen molar-refractivity contribution in [2.75, 3.05) is 30.3 Å². The third-order valence-corrected chi connectivity index (χ3v) is 4.19. The van der Waals surface area contributed by atoms with Crippen molar-refractivity contribution in [2.45, 2.75) is 33.6 Å². The Kier molecular flexibility index (Phi) is 6.48. The number of esters is 1. The van der Waals surface area contributed by atoms with Crippen LogP contribution in [0.5, 0.6) is 0 Å². The van der Waals surface area contributed by atoms with Gasteiger partial charge in [0.1, 0.15) is 15.4 Å². The van der Waals surface area contributed by atoms with Crippen LogP contribution in [-0.4, -0.2) is 31.6 Å². The molecule has 0 atom stereocenters. The lowest BCUT2D eigenvalue weighted by Gasteiger charge is -2.23. The molecule has 0 bridgehead atoms. The number of carbonyl (C=O) groups is 2. The number of rotatable bonds is 8. The topological polar surface area (TPSA) is 98.6 Å². The molecule has 0 aliphatic heterocycles. The van der Waals surface area contributed by atoms with E-state index in [0.717, 1.165) is 37.3 Å². The van der Waals surface area contributed by atoms with Crippen LogP contribution < -0.4 is 16.4 Å². The summed E-state index contributed by atoms with van der Waals surface area (Å²) in [5.74, 6) is -1.13. The van der Waals surface area contributed by atoms with Gasteiger partial charge in [-0.05, 0) is 19.8 Å².